The quantitative estimate of drug-likeness (QED) is 0.770. The van der Waals surface area contributed by atoms with Gasteiger partial charge >= 0.3 is 0 Å². The molecule has 2 aliphatic rings. The predicted molar refractivity (Wildman–Crippen MR) is 78.6 cm³/mol. The maximum Gasteiger partial charge on any atom is 0.255 e. The minimum Gasteiger partial charge on any atom is -0.325 e. The molecule has 0 spiro atoms. The zero-order chi connectivity index (χ0) is 13.6. The van der Waals surface area contributed by atoms with Gasteiger partial charge in [0.2, 0.25) is 0 Å². The van der Waals surface area contributed by atoms with E-state index < -0.39 is 0 Å². The minimum atomic E-state index is -0.229. The number of carbonyl (C=O) groups excluding carboxylic acids is 1. The summed E-state index contributed by atoms with van der Waals surface area (Å²) in [7, 11) is 0. The van der Waals surface area contributed by atoms with E-state index in [2.05, 4.69) is 41.3 Å². The normalized spacial score (nSPS) is 24.4. The van der Waals surface area contributed by atoms with E-state index in [0.29, 0.717) is 0 Å². The van der Waals surface area contributed by atoms with Crippen molar-refractivity contribution >= 4 is 5.91 Å². The lowest BCUT2D eigenvalue weighted by molar-refractivity contribution is 0.0521. The summed E-state index contributed by atoms with van der Waals surface area (Å²) in [6, 6.07) is 18.6. The topological polar surface area (TPSA) is 20.3 Å². The van der Waals surface area contributed by atoms with Crippen LogP contribution in [0.4, 0.5) is 0 Å². The number of nitrogens with zero attached hydrogens (tertiary/aromatic N) is 1. The van der Waals surface area contributed by atoms with Crippen LogP contribution >= 0.6 is 0 Å². The Balaban J connectivity index is 2.01. The van der Waals surface area contributed by atoms with Gasteiger partial charge in [-0.1, -0.05) is 48.5 Å². The number of amides is 1. The first-order chi connectivity index (χ1) is 9.84. The van der Waals surface area contributed by atoms with E-state index >= 15 is 0 Å². The zero-order valence-corrected chi connectivity index (χ0v) is 11.4. The van der Waals surface area contributed by atoms with Crippen LogP contribution in [0.1, 0.15) is 40.7 Å². The fourth-order valence-electron chi connectivity index (χ4n) is 3.88. The van der Waals surface area contributed by atoms with Crippen molar-refractivity contribution in [3.8, 4) is 0 Å². The lowest BCUT2D eigenvalue weighted by Crippen LogP contribution is -2.47. The first kappa shape index (κ1) is 11.7. The number of hydrogen-bond donors (Lipinski definition) is 0. The van der Waals surface area contributed by atoms with Gasteiger partial charge in [-0.3, -0.25) is 4.79 Å². The summed E-state index contributed by atoms with van der Waals surface area (Å²) < 4.78 is 0. The van der Waals surface area contributed by atoms with Crippen LogP contribution in [-0.4, -0.2) is 17.4 Å². The standard InChI is InChI=1S/C18H17NO/c20-17-15-10-4-5-11-16(15)18(12-6-7-13-19(17)18)14-8-2-1-3-9-14/h1-5,8-11H,6-7,12-13H2. The van der Waals surface area contributed by atoms with Gasteiger partial charge in [0.1, 0.15) is 0 Å². The van der Waals surface area contributed by atoms with Crippen LogP contribution in [-0.2, 0) is 5.54 Å². The monoisotopic (exact) mass is 263 g/mol. The average Bonchev–Trinajstić information content (AvgIpc) is 2.80. The van der Waals surface area contributed by atoms with Crippen molar-refractivity contribution in [3.63, 3.8) is 0 Å². The number of rotatable bonds is 1. The Morgan fingerprint density at radius 2 is 1.65 bits per heavy atom. The first-order valence-corrected chi connectivity index (χ1v) is 7.31. The molecule has 0 N–H and O–H groups in total. The van der Waals surface area contributed by atoms with E-state index in [9.17, 15) is 4.79 Å². The third-order valence-electron chi connectivity index (χ3n) is 4.73. The number of piperidine rings is 1. The molecule has 2 aromatic rings. The average molecular weight is 263 g/mol. The molecule has 1 fully saturated rings. The molecule has 100 valence electrons. The third kappa shape index (κ3) is 1.36. The molecule has 1 saturated heterocycles. The highest BCUT2D eigenvalue weighted by Crippen LogP contribution is 2.49. The lowest BCUT2D eigenvalue weighted by atomic mass is 9.77. The van der Waals surface area contributed by atoms with Gasteiger partial charge < -0.3 is 4.90 Å². The molecule has 1 atom stereocenters. The zero-order valence-electron chi connectivity index (χ0n) is 11.4. The Hall–Kier alpha value is -2.09. The van der Waals surface area contributed by atoms with Gasteiger partial charge in [-0.15, -0.1) is 0 Å². The van der Waals surface area contributed by atoms with Gasteiger partial charge in [0, 0.05) is 12.1 Å². The molecule has 2 aliphatic heterocycles. The largest absolute Gasteiger partial charge is 0.325 e. The Morgan fingerprint density at radius 3 is 2.50 bits per heavy atom. The highest BCUT2D eigenvalue weighted by Gasteiger charge is 2.51. The second kappa shape index (κ2) is 4.20. The summed E-state index contributed by atoms with van der Waals surface area (Å²) in [6.45, 7) is 0.863. The van der Waals surface area contributed by atoms with Gasteiger partial charge in [-0.05, 0) is 36.5 Å². The molecule has 0 aliphatic carbocycles. The molecule has 0 radical (unpaired) electrons. The van der Waals surface area contributed by atoms with Gasteiger partial charge in [-0.25, -0.2) is 0 Å². The second-order valence-electron chi connectivity index (χ2n) is 5.69. The van der Waals surface area contributed by atoms with Gasteiger partial charge in [-0.2, -0.15) is 0 Å². The predicted octanol–water partition coefficient (Wildman–Crippen LogP) is 3.57. The summed E-state index contributed by atoms with van der Waals surface area (Å²) >= 11 is 0. The van der Waals surface area contributed by atoms with Crippen molar-refractivity contribution in [3.05, 3.63) is 71.3 Å². The molecule has 20 heavy (non-hydrogen) atoms. The van der Waals surface area contributed by atoms with Crippen LogP contribution in [0, 0.1) is 0 Å². The van der Waals surface area contributed by atoms with Crippen molar-refractivity contribution in [2.75, 3.05) is 6.54 Å². The van der Waals surface area contributed by atoms with Crippen molar-refractivity contribution in [1.29, 1.82) is 0 Å². The smallest absolute Gasteiger partial charge is 0.255 e. The Bertz CT molecular complexity index is 664. The SMILES string of the molecule is O=C1c2ccccc2C2(c3ccccc3)CCCCN12. The summed E-state index contributed by atoms with van der Waals surface area (Å²) in [4.78, 5) is 14.8. The summed E-state index contributed by atoms with van der Waals surface area (Å²) in [5, 5.41) is 0. The molecule has 1 unspecified atom stereocenters. The van der Waals surface area contributed by atoms with Crippen molar-refractivity contribution in [2.24, 2.45) is 0 Å². The summed E-state index contributed by atoms with van der Waals surface area (Å²) in [5.41, 5.74) is 3.10. The number of hydrogen-bond acceptors (Lipinski definition) is 1. The fraction of sp³-hybridized carbons (Fsp3) is 0.278. The van der Waals surface area contributed by atoms with E-state index in [-0.39, 0.29) is 11.4 Å². The van der Waals surface area contributed by atoms with Crippen molar-refractivity contribution < 1.29 is 4.79 Å². The van der Waals surface area contributed by atoms with Crippen LogP contribution < -0.4 is 0 Å². The Labute approximate surface area is 119 Å². The molecule has 1 amide bonds. The highest BCUT2D eigenvalue weighted by atomic mass is 16.2. The maximum absolute atomic E-state index is 12.7. The molecule has 2 aromatic carbocycles. The number of carbonyl (C=O) groups is 1. The molecular formula is C18H17NO. The van der Waals surface area contributed by atoms with E-state index in [1.807, 2.05) is 18.2 Å². The lowest BCUT2D eigenvalue weighted by Gasteiger charge is -2.43. The van der Waals surface area contributed by atoms with E-state index in [1.54, 1.807) is 0 Å². The number of benzene rings is 2. The molecule has 4 rings (SSSR count). The van der Waals surface area contributed by atoms with Crippen LogP contribution in [0.25, 0.3) is 0 Å². The third-order valence-corrected chi connectivity index (χ3v) is 4.73. The van der Waals surface area contributed by atoms with Gasteiger partial charge in [0.25, 0.3) is 5.91 Å². The molecule has 0 bridgehead atoms. The Morgan fingerprint density at radius 1 is 0.900 bits per heavy atom. The van der Waals surface area contributed by atoms with Crippen LogP contribution in [0.5, 0.6) is 0 Å². The van der Waals surface area contributed by atoms with E-state index in [0.717, 1.165) is 24.9 Å². The summed E-state index contributed by atoms with van der Waals surface area (Å²) in [6.07, 6.45) is 3.31. The maximum atomic E-state index is 12.7. The molecule has 2 nitrogen and oxygen atoms in total. The molecule has 2 heterocycles. The fourth-order valence-corrected chi connectivity index (χ4v) is 3.88. The van der Waals surface area contributed by atoms with Crippen molar-refractivity contribution in [1.82, 2.24) is 4.90 Å². The van der Waals surface area contributed by atoms with Crippen LogP contribution in [0.3, 0.4) is 0 Å². The summed E-state index contributed by atoms with van der Waals surface area (Å²) in [5.74, 6) is 0.198. The molecular weight excluding hydrogens is 246 g/mol. The second-order valence-corrected chi connectivity index (χ2v) is 5.69. The van der Waals surface area contributed by atoms with Gasteiger partial charge in [0.05, 0.1) is 5.54 Å². The highest BCUT2D eigenvalue weighted by molar-refractivity contribution is 6.00. The molecule has 0 saturated carbocycles. The van der Waals surface area contributed by atoms with E-state index in [1.165, 1.54) is 17.5 Å². The van der Waals surface area contributed by atoms with Crippen LogP contribution in [0.2, 0.25) is 0 Å². The molecule has 2 heteroatoms. The van der Waals surface area contributed by atoms with Crippen molar-refractivity contribution in [2.45, 2.75) is 24.8 Å². The minimum absolute atomic E-state index is 0.198. The first-order valence-electron chi connectivity index (χ1n) is 7.31. The Kier molecular flexibility index (Phi) is 2.46. The van der Waals surface area contributed by atoms with Gasteiger partial charge in [0.15, 0.2) is 0 Å². The van der Waals surface area contributed by atoms with E-state index in [4.69, 9.17) is 0 Å². The molecule has 0 aromatic heterocycles. The van der Waals surface area contributed by atoms with Crippen LogP contribution in [0.15, 0.2) is 54.6 Å². The number of fused-ring (bicyclic) bond motifs is 3.